The number of H-pyrrole nitrogens is 1. The van der Waals surface area contributed by atoms with Gasteiger partial charge >= 0.3 is 5.97 Å². The maximum atomic E-state index is 11.4. The second kappa shape index (κ2) is 8.29. The van der Waals surface area contributed by atoms with Crippen molar-refractivity contribution in [1.29, 1.82) is 0 Å². The predicted octanol–water partition coefficient (Wildman–Crippen LogP) is 1.85. The molecule has 3 N–H and O–H groups in total. The molecule has 0 aliphatic rings. The summed E-state index contributed by atoms with van der Waals surface area (Å²) in [4.78, 5) is 28.4. The van der Waals surface area contributed by atoms with Crippen LogP contribution in [0.1, 0.15) is 39.0 Å². The quantitative estimate of drug-likeness (QED) is 0.634. The van der Waals surface area contributed by atoms with Gasteiger partial charge in [0.05, 0.1) is 0 Å². The summed E-state index contributed by atoms with van der Waals surface area (Å²) in [5.74, 6) is -0.0670. The van der Waals surface area contributed by atoms with Crippen molar-refractivity contribution in [3.63, 3.8) is 0 Å². The molecular weight excluding hydrogens is 246 g/mol. The molecule has 0 saturated heterocycles. The number of carboxylic acids is 1. The number of carbonyl (C=O) groups is 1. The van der Waals surface area contributed by atoms with Gasteiger partial charge in [-0.2, -0.15) is 0 Å². The van der Waals surface area contributed by atoms with Crippen LogP contribution in [0.15, 0.2) is 17.2 Å². The first kappa shape index (κ1) is 15.2. The predicted molar refractivity (Wildman–Crippen MR) is 73.2 cm³/mol. The van der Waals surface area contributed by atoms with Gasteiger partial charge in [-0.05, 0) is 18.8 Å². The van der Waals surface area contributed by atoms with E-state index in [2.05, 4.69) is 22.2 Å². The molecule has 6 nitrogen and oxygen atoms in total. The standard InChI is InChI=1S/C13H21N3O3/c1-2-3-10(4-5-11(17)18)6-7-14-12-13(19)16-9-8-15-12/h8-10H,2-7H2,1H3,(H,14,15)(H,16,19)(H,17,18). The number of rotatable bonds is 9. The van der Waals surface area contributed by atoms with Crippen molar-refractivity contribution in [2.75, 3.05) is 11.9 Å². The largest absolute Gasteiger partial charge is 0.481 e. The minimum absolute atomic E-state index is 0.203. The third-order valence-electron chi connectivity index (χ3n) is 3.02. The minimum atomic E-state index is -0.754. The lowest BCUT2D eigenvalue weighted by molar-refractivity contribution is -0.137. The van der Waals surface area contributed by atoms with Crippen LogP contribution in [0.5, 0.6) is 0 Å². The van der Waals surface area contributed by atoms with E-state index in [1.54, 1.807) is 0 Å². The highest BCUT2D eigenvalue weighted by Crippen LogP contribution is 2.17. The molecule has 1 unspecified atom stereocenters. The summed E-state index contributed by atoms with van der Waals surface area (Å²) < 4.78 is 0. The molecule has 0 bridgehead atoms. The molecule has 6 heteroatoms. The maximum absolute atomic E-state index is 11.4. The zero-order valence-corrected chi connectivity index (χ0v) is 11.2. The zero-order chi connectivity index (χ0) is 14.1. The summed E-state index contributed by atoms with van der Waals surface area (Å²) >= 11 is 0. The van der Waals surface area contributed by atoms with E-state index < -0.39 is 5.97 Å². The Kier molecular flexibility index (Phi) is 6.63. The highest BCUT2D eigenvalue weighted by Gasteiger charge is 2.10. The van der Waals surface area contributed by atoms with E-state index in [9.17, 15) is 9.59 Å². The van der Waals surface area contributed by atoms with Crippen molar-refractivity contribution < 1.29 is 9.90 Å². The SMILES string of the molecule is CCCC(CCNc1ncc[nH]c1=O)CCC(=O)O. The first-order chi connectivity index (χ1) is 9.13. The third kappa shape index (κ3) is 6.03. The fraction of sp³-hybridized carbons (Fsp3) is 0.615. The Labute approximate surface area is 112 Å². The Morgan fingerprint density at radius 1 is 1.47 bits per heavy atom. The Morgan fingerprint density at radius 2 is 2.26 bits per heavy atom. The van der Waals surface area contributed by atoms with Crippen molar-refractivity contribution in [3.05, 3.63) is 22.7 Å². The molecule has 0 spiro atoms. The summed E-state index contributed by atoms with van der Waals surface area (Å²) in [6.45, 7) is 2.72. The fourth-order valence-corrected chi connectivity index (χ4v) is 2.04. The van der Waals surface area contributed by atoms with Crippen LogP contribution in [0.25, 0.3) is 0 Å². The van der Waals surface area contributed by atoms with Crippen molar-refractivity contribution >= 4 is 11.8 Å². The van der Waals surface area contributed by atoms with E-state index in [4.69, 9.17) is 5.11 Å². The molecule has 0 amide bonds. The summed E-state index contributed by atoms with van der Waals surface area (Å²) in [5.41, 5.74) is -0.236. The molecule has 0 aliphatic carbocycles. The molecule has 1 rings (SSSR count). The van der Waals surface area contributed by atoms with E-state index >= 15 is 0 Å². The van der Waals surface area contributed by atoms with Gasteiger partial charge in [-0.15, -0.1) is 0 Å². The Balaban J connectivity index is 2.37. The second-order valence-corrected chi connectivity index (χ2v) is 4.57. The minimum Gasteiger partial charge on any atom is -0.481 e. The molecule has 1 heterocycles. The topological polar surface area (TPSA) is 95.1 Å². The van der Waals surface area contributed by atoms with Gasteiger partial charge in [-0.25, -0.2) is 4.98 Å². The zero-order valence-electron chi connectivity index (χ0n) is 11.2. The summed E-state index contributed by atoms with van der Waals surface area (Å²) in [7, 11) is 0. The first-order valence-electron chi connectivity index (χ1n) is 6.62. The van der Waals surface area contributed by atoms with E-state index in [1.807, 2.05) is 0 Å². The van der Waals surface area contributed by atoms with Crippen molar-refractivity contribution in [2.45, 2.75) is 39.0 Å². The van der Waals surface area contributed by atoms with Gasteiger partial charge in [0.15, 0.2) is 5.82 Å². The van der Waals surface area contributed by atoms with Crippen LogP contribution in [0.3, 0.4) is 0 Å². The smallest absolute Gasteiger partial charge is 0.303 e. The highest BCUT2D eigenvalue weighted by atomic mass is 16.4. The number of anilines is 1. The van der Waals surface area contributed by atoms with Gasteiger partial charge in [0.2, 0.25) is 0 Å². The number of nitrogens with zero attached hydrogens (tertiary/aromatic N) is 1. The van der Waals surface area contributed by atoms with Crippen molar-refractivity contribution in [2.24, 2.45) is 5.92 Å². The molecule has 1 aromatic rings. The lowest BCUT2D eigenvalue weighted by Crippen LogP contribution is -2.18. The van der Waals surface area contributed by atoms with Crippen LogP contribution < -0.4 is 10.9 Å². The molecule has 1 aromatic heterocycles. The average Bonchev–Trinajstić information content (AvgIpc) is 2.38. The third-order valence-corrected chi connectivity index (χ3v) is 3.02. The number of hydrogen-bond acceptors (Lipinski definition) is 4. The van der Waals surface area contributed by atoms with Gasteiger partial charge in [-0.1, -0.05) is 19.8 Å². The van der Waals surface area contributed by atoms with Crippen molar-refractivity contribution in [3.8, 4) is 0 Å². The molecular formula is C13H21N3O3. The fourth-order valence-electron chi connectivity index (χ4n) is 2.04. The molecule has 0 radical (unpaired) electrons. The van der Waals surface area contributed by atoms with E-state index in [1.165, 1.54) is 12.4 Å². The molecule has 19 heavy (non-hydrogen) atoms. The van der Waals surface area contributed by atoms with Crippen LogP contribution in [0.4, 0.5) is 5.82 Å². The van der Waals surface area contributed by atoms with E-state index in [0.29, 0.717) is 24.7 Å². The van der Waals surface area contributed by atoms with Gasteiger partial charge in [0.25, 0.3) is 5.56 Å². The molecule has 0 fully saturated rings. The van der Waals surface area contributed by atoms with Crippen LogP contribution in [-0.2, 0) is 4.79 Å². The lowest BCUT2D eigenvalue weighted by Gasteiger charge is -2.15. The average molecular weight is 267 g/mol. The normalized spacial score (nSPS) is 12.1. The number of carboxylic acid groups (broad SMARTS) is 1. The Hall–Kier alpha value is -1.85. The molecule has 0 aromatic carbocycles. The number of aliphatic carboxylic acids is 1. The van der Waals surface area contributed by atoms with E-state index in [0.717, 1.165) is 19.3 Å². The number of aromatic amines is 1. The van der Waals surface area contributed by atoms with Crippen LogP contribution >= 0.6 is 0 Å². The lowest BCUT2D eigenvalue weighted by atomic mass is 9.94. The Bertz CT molecular complexity index is 445. The maximum Gasteiger partial charge on any atom is 0.303 e. The second-order valence-electron chi connectivity index (χ2n) is 4.57. The Morgan fingerprint density at radius 3 is 2.89 bits per heavy atom. The summed E-state index contributed by atoms with van der Waals surface area (Å²) in [5, 5.41) is 11.7. The first-order valence-corrected chi connectivity index (χ1v) is 6.62. The number of aromatic nitrogens is 2. The van der Waals surface area contributed by atoms with Gasteiger partial charge in [0.1, 0.15) is 0 Å². The molecule has 1 atom stereocenters. The molecule has 0 aliphatic heterocycles. The monoisotopic (exact) mass is 267 g/mol. The number of hydrogen-bond donors (Lipinski definition) is 3. The molecule has 106 valence electrons. The summed E-state index contributed by atoms with van der Waals surface area (Å²) in [6, 6.07) is 0. The summed E-state index contributed by atoms with van der Waals surface area (Å²) in [6.07, 6.45) is 6.79. The van der Waals surface area contributed by atoms with Crippen molar-refractivity contribution in [1.82, 2.24) is 9.97 Å². The van der Waals surface area contributed by atoms with Crippen LogP contribution in [-0.4, -0.2) is 27.6 Å². The molecule has 0 saturated carbocycles. The van der Waals surface area contributed by atoms with E-state index in [-0.39, 0.29) is 12.0 Å². The van der Waals surface area contributed by atoms with Crippen LogP contribution in [0.2, 0.25) is 0 Å². The van der Waals surface area contributed by atoms with Gasteiger partial charge < -0.3 is 15.4 Å². The highest BCUT2D eigenvalue weighted by molar-refractivity contribution is 5.66. The van der Waals surface area contributed by atoms with Gasteiger partial charge in [-0.3, -0.25) is 9.59 Å². The van der Waals surface area contributed by atoms with Crippen LogP contribution in [0, 0.1) is 5.92 Å². The number of nitrogens with one attached hydrogen (secondary N) is 2. The van der Waals surface area contributed by atoms with Gasteiger partial charge in [0, 0.05) is 25.4 Å².